The van der Waals surface area contributed by atoms with E-state index in [9.17, 15) is 15.4 Å². The van der Waals surface area contributed by atoms with Gasteiger partial charge in [-0.05, 0) is 42.3 Å². The van der Waals surface area contributed by atoms with Crippen LogP contribution in [0.3, 0.4) is 0 Å². The molecule has 0 saturated heterocycles. The van der Waals surface area contributed by atoms with Crippen molar-refractivity contribution in [1.29, 1.82) is 5.26 Å². The molecule has 0 amide bonds. The molecule has 152 valence electrons. The topological polar surface area (TPSA) is 71.9 Å². The molecular weight excluding hydrogens is 410 g/mol. The molecule has 1 heterocycles. The maximum atomic E-state index is 11.1. The Bertz CT molecular complexity index is 1360. The second kappa shape index (κ2) is 8.47. The molecule has 0 spiro atoms. The molecule has 0 aliphatic heterocycles. The number of non-ortho nitro benzene ring substituents is 1. The molecule has 0 radical (unpaired) electrons. The minimum atomic E-state index is -0.457. The minimum absolute atomic E-state index is 0.0412. The van der Waals surface area contributed by atoms with E-state index in [1.807, 2.05) is 55.5 Å². The molecule has 0 atom stereocenters. The van der Waals surface area contributed by atoms with E-state index in [2.05, 4.69) is 16.7 Å². The molecule has 0 bridgehead atoms. The van der Waals surface area contributed by atoms with Crippen LogP contribution < -0.4 is 0 Å². The van der Waals surface area contributed by atoms with E-state index in [1.165, 1.54) is 12.1 Å². The molecule has 4 aromatic rings. The van der Waals surface area contributed by atoms with Crippen molar-refractivity contribution in [3.05, 3.63) is 110 Å². The van der Waals surface area contributed by atoms with Crippen molar-refractivity contribution < 1.29 is 4.92 Å². The first kappa shape index (κ1) is 20.4. The first-order valence-electron chi connectivity index (χ1n) is 9.67. The predicted octanol–water partition coefficient (Wildman–Crippen LogP) is 6.62. The van der Waals surface area contributed by atoms with E-state index >= 15 is 0 Å². The third-order valence-corrected chi connectivity index (χ3v) is 5.56. The monoisotopic (exact) mass is 427 g/mol. The van der Waals surface area contributed by atoms with Crippen LogP contribution in [0.5, 0.6) is 0 Å². The molecule has 0 aliphatic carbocycles. The van der Waals surface area contributed by atoms with Gasteiger partial charge in [0.15, 0.2) is 0 Å². The van der Waals surface area contributed by atoms with Gasteiger partial charge >= 0.3 is 0 Å². The molecule has 6 heteroatoms. The van der Waals surface area contributed by atoms with E-state index in [0.717, 1.165) is 27.7 Å². The van der Waals surface area contributed by atoms with Crippen LogP contribution in [0.2, 0.25) is 5.02 Å². The number of rotatable bonds is 5. The zero-order valence-corrected chi connectivity index (χ0v) is 17.5. The van der Waals surface area contributed by atoms with Crippen LogP contribution in [-0.2, 0) is 6.54 Å². The molecule has 3 aromatic carbocycles. The van der Waals surface area contributed by atoms with Crippen molar-refractivity contribution in [2.75, 3.05) is 0 Å². The summed E-state index contributed by atoms with van der Waals surface area (Å²) in [6, 6.07) is 24.1. The van der Waals surface area contributed by atoms with Crippen LogP contribution in [0.25, 0.3) is 22.6 Å². The largest absolute Gasteiger partial charge is 0.340 e. The summed E-state index contributed by atoms with van der Waals surface area (Å²) in [5.74, 6) is 0. The average Bonchev–Trinajstić information content (AvgIpc) is 3.04. The van der Waals surface area contributed by atoms with Crippen molar-refractivity contribution >= 4 is 39.8 Å². The lowest BCUT2D eigenvalue weighted by Crippen LogP contribution is -2.01. The van der Waals surface area contributed by atoms with Gasteiger partial charge in [-0.3, -0.25) is 10.1 Å². The number of hydrogen-bond donors (Lipinski definition) is 0. The van der Waals surface area contributed by atoms with Gasteiger partial charge in [-0.15, -0.1) is 0 Å². The molecule has 0 aliphatic rings. The lowest BCUT2D eigenvalue weighted by Gasteiger charge is -2.09. The van der Waals surface area contributed by atoms with Crippen molar-refractivity contribution in [3.8, 4) is 6.07 Å². The second-order valence-corrected chi connectivity index (χ2v) is 7.64. The highest BCUT2D eigenvalue weighted by molar-refractivity contribution is 6.30. The first-order valence-corrected chi connectivity index (χ1v) is 10.0. The maximum Gasteiger partial charge on any atom is 0.270 e. The molecule has 4 rings (SSSR count). The Labute approximate surface area is 184 Å². The lowest BCUT2D eigenvalue weighted by molar-refractivity contribution is -0.384. The van der Waals surface area contributed by atoms with Crippen LogP contribution >= 0.6 is 11.6 Å². The summed E-state index contributed by atoms with van der Waals surface area (Å²) in [6.07, 6.45) is 1.81. The number of nitriles is 1. The highest BCUT2D eigenvalue weighted by atomic mass is 35.5. The molecule has 5 nitrogen and oxygen atoms in total. The standard InChI is InChI=1S/C25H18ClN3O2/c1-17-24(14-20(15-27)19-5-4-6-22(13-19)29(30)31)23-7-2-3-8-25(23)28(17)16-18-9-11-21(26)12-10-18/h2-14H,16H2,1H3/b20-14-. The van der Waals surface area contributed by atoms with Crippen molar-refractivity contribution in [2.24, 2.45) is 0 Å². The number of benzene rings is 3. The quantitative estimate of drug-likeness (QED) is 0.204. The van der Waals surface area contributed by atoms with Gasteiger partial charge < -0.3 is 4.57 Å². The summed E-state index contributed by atoms with van der Waals surface area (Å²) in [5.41, 5.74) is 4.95. The normalized spacial score (nSPS) is 11.5. The second-order valence-electron chi connectivity index (χ2n) is 7.21. The van der Waals surface area contributed by atoms with Gasteiger partial charge in [0.1, 0.15) is 0 Å². The van der Waals surface area contributed by atoms with Crippen LogP contribution in [0, 0.1) is 28.4 Å². The van der Waals surface area contributed by atoms with Gasteiger partial charge in [0.25, 0.3) is 5.69 Å². The van der Waals surface area contributed by atoms with Crippen LogP contribution in [0.1, 0.15) is 22.4 Å². The SMILES string of the molecule is Cc1c(/C=C(/C#N)c2cccc([N+](=O)[O-])c2)c2ccccc2n1Cc1ccc(Cl)cc1. The summed E-state index contributed by atoms with van der Waals surface area (Å²) in [6.45, 7) is 2.68. The number of nitrogens with zero attached hydrogens (tertiary/aromatic N) is 3. The van der Waals surface area contributed by atoms with E-state index in [4.69, 9.17) is 11.6 Å². The van der Waals surface area contributed by atoms with Gasteiger partial charge in [0.05, 0.1) is 16.6 Å². The van der Waals surface area contributed by atoms with E-state index in [0.29, 0.717) is 22.7 Å². The highest BCUT2D eigenvalue weighted by Gasteiger charge is 2.15. The van der Waals surface area contributed by atoms with E-state index in [-0.39, 0.29) is 5.69 Å². The fourth-order valence-corrected chi connectivity index (χ4v) is 3.85. The summed E-state index contributed by atoms with van der Waals surface area (Å²) in [7, 11) is 0. The smallest absolute Gasteiger partial charge is 0.270 e. The highest BCUT2D eigenvalue weighted by Crippen LogP contribution is 2.31. The number of para-hydroxylation sites is 1. The third kappa shape index (κ3) is 4.07. The average molecular weight is 428 g/mol. The van der Waals surface area contributed by atoms with Gasteiger partial charge in [0.2, 0.25) is 0 Å². The number of fused-ring (bicyclic) bond motifs is 1. The number of nitro groups is 1. The third-order valence-electron chi connectivity index (χ3n) is 5.31. The van der Waals surface area contributed by atoms with Crippen LogP contribution in [0.4, 0.5) is 5.69 Å². The summed E-state index contributed by atoms with van der Waals surface area (Å²) < 4.78 is 2.20. The van der Waals surface area contributed by atoms with Gasteiger partial charge in [0, 0.05) is 45.9 Å². The van der Waals surface area contributed by atoms with Crippen molar-refractivity contribution in [3.63, 3.8) is 0 Å². The van der Waals surface area contributed by atoms with Gasteiger partial charge in [-0.2, -0.15) is 5.26 Å². The zero-order valence-electron chi connectivity index (χ0n) is 16.7. The molecule has 0 saturated carbocycles. The molecule has 0 unspecified atom stereocenters. The minimum Gasteiger partial charge on any atom is -0.340 e. The Hall–Kier alpha value is -3.88. The summed E-state index contributed by atoms with van der Waals surface area (Å²) >= 11 is 6.02. The van der Waals surface area contributed by atoms with Crippen molar-refractivity contribution in [1.82, 2.24) is 4.57 Å². The molecule has 0 fully saturated rings. The Balaban J connectivity index is 1.85. The van der Waals surface area contributed by atoms with Gasteiger partial charge in [-0.25, -0.2) is 0 Å². The number of hydrogen-bond acceptors (Lipinski definition) is 3. The number of nitro benzene ring substituents is 1. The summed E-state index contributed by atoms with van der Waals surface area (Å²) in [4.78, 5) is 10.7. The van der Waals surface area contributed by atoms with Crippen LogP contribution in [0.15, 0.2) is 72.8 Å². The fraction of sp³-hybridized carbons (Fsp3) is 0.0800. The number of allylic oxidation sites excluding steroid dienone is 1. The lowest BCUT2D eigenvalue weighted by atomic mass is 10.0. The molecule has 31 heavy (non-hydrogen) atoms. The van der Waals surface area contributed by atoms with Gasteiger partial charge in [-0.1, -0.05) is 54.1 Å². The Morgan fingerprint density at radius 3 is 2.58 bits per heavy atom. The Morgan fingerprint density at radius 2 is 1.87 bits per heavy atom. The van der Waals surface area contributed by atoms with E-state index in [1.54, 1.807) is 12.1 Å². The molecule has 1 aromatic heterocycles. The number of halogens is 1. The Kier molecular flexibility index (Phi) is 5.57. The summed E-state index contributed by atoms with van der Waals surface area (Å²) in [5, 5.41) is 22.6. The fourth-order valence-electron chi connectivity index (χ4n) is 3.73. The van der Waals surface area contributed by atoms with Crippen molar-refractivity contribution in [2.45, 2.75) is 13.5 Å². The maximum absolute atomic E-state index is 11.1. The first-order chi connectivity index (χ1) is 15.0. The van der Waals surface area contributed by atoms with Crippen LogP contribution in [-0.4, -0.2) is 9.49 Å². The predicted molar refractivity (Wildman–Crippen MR) is 124 cm³/mol. The number of aromatic nitrogens is 1. The van der Waals surface area contributed by atoms with E-state index < -0.39 is 4.92 Å². The Morgan fingerprint density at radius 1 is 1.13 bits per heavy atom. The zero-order chi connectivity index (χ0) is 22.0. The molecular formula is C25H18ClN3O2. The molecule has 0 N–H and O–H groups in total.